The minimum atomic E-state index is -1.00. The van der Waals surface area contributed by atoms with E-state index in [-0.39, 0.29) is 18.8 Å². The van der Waals surface area contributed by atoms with Gasteiger partial charge in [-0.25, -0.2) is 4.98 Å². The van der Waals surface area contributed by atoms with Crippen LogP contribution in [-0.2, 0) is 9.59 Å². The number of methoxy groups -OCH3 is 1. The van der Waals surface area contributed by atoms with Crippen molar-refractivity contribution in [1.29, 1.82) is 0 Å². The average Bonchev–Trinajstić information content (AvgIpc) is 2.34. The van der Waals surface area contributed by atoms with Gasteiger partial charge in [-0.05, 0) is 13.3 Å². The first-order valence-corrected chi connectivity index (χ1v) is 5.60. The van der Waals surface area contributed by atoms with Gasteiger partial charge in [-0.15, -0.1) is 0 Å². The molecular weight excluding hydrogens is 252 g/mol. The maximum atomic E-state index is 11.7. The number of carbonyl (C=O) groups is 2. The van der Waals surface area contributed by atoms with Crippen LogP contribution in [0.5, 0.6) is 5.88 Å². The molecule has 8 heteroatoms. The highest BCUT2D eigenvalue weighted by Gasteiger charge is 2.16. The number of ether oxygens (including phenoxy) is 1. The number of aryl methyl sites for hydroxylation is 1. The van der Waals surface area contributed by atoms with Gasteiger partial charge in [0.1, 0.15) is 0 Å². The molecule has 0 aliphatic rings. The van der Waals surface area contributed by atoms with E-state index in [0.29, 0.717) is 11.6 Å². The maximum absolute atomic E-state index is 11.7. The van der Waals surface area contributed by atoms with E-state index in [1.807, 2.05) is 0 Å². The molecule has 104 valence electrons. The Kier molecular flexibility index (Phi) is 5.19. The minimum Gasteiger partial charge on any atom is -0.481 e. The second-order valence-electron chi connectivity index (χ2n) is 3.90. The summed E-state index contributed by atoms with van der Waals surface area (Å²) in [6, 6.07) is 0.686. The number of carboxylic acid groups (broad SMARTS) is 1. The summed E-state index contributed by atoms with van der Waals surface area (Å²) in [5, 5.41) is 10.9. The summed E-state index contributed by atoms with van der Waals surface area (Å²) in [6.07, 6.45) is -0.128. The summed E-state index contributed by atoms with van der Waals surface area (Å²) in [7, 11) is 1.45. The summed E-state index contributed by atoms with van der Waals surface area (Å²) >= 11 is 0. The van der Waals surface area contributed by atoms with Crippen molar-refractivity contribution in [1.82, 2.24) is 9.97 Å². The van der Waals surface area contributed by atoms with Crippen LogP contribution in [0.2, 0.25) is 0 Å². The van der Waals surface area contributed by atoms with Crippen LogP contribution in [0.3, 0.4) is 0 Å². The molecule has 8 nitrogen and oxygen atoms in total. The zero-order valence-corrected chi connectivity index (χ0v) is 10.7. The Bertz CT molecular complexity index is 478. The van der Waals surface area contributed by atoms with E-state index in [1.165, 1.54) is 7.11 Å². The normalized spacial score (nSPS) is 11.7. The van der Waals surface area contributed by atoms with Crippen LogP contribution in [0.1, 0.15) is 18.5 Å². The number of aliphatic carboxylic acids is 1. The smallest absolute Gasteiger partial charge is 0.303 e. The number of hydrogen-bond acceptors (Lipinski definition) is 6. The van der Waals surface area contributed by atoms with Crippen molar-refractivity contribution >= 4 is 17.8 Å². The third-order valence-corrected chi connectivity index (χ3v) is 2.28. The molecule has 1 rings (SSSR count). The monoisotopic (exact) mass is 268 g/mol. The van der Waals surface area contributed by atoms with Crippen molar-refractivity contribution in [3.05, 3.63) is 11.8 Å². The van der Waals surface area contributed by atoms with E-state index >= 15 is 0 Å². The molecule has 1 aromatic rings. The van der Waals surface area contributed by atoms with Crippen molar-refractivity contribution in [2.45, 2.75) is 25.8 Å². The van der Waals surface area contributed by atoms with Crippen LogP contribution in [0.15, 0.2) is 6.07 Å². The number of aromatic nitrogens is 2. The third kappa shape index (κ3) is 4.88. The molecule has 0 bridgehead atoms. The van der Waals surface area contributed by atoms with Gasteiger partial charge in [0.05, 0.1) is 13.2 Å². The van der Waals surface area contributed by atoms with Crippen LogP contribution in [0.25, 0.3) is 0 Å². The number of rotatable bonds is 6. The van der Waals surface area contributed by atoms with Gasteiger partial charge in [0.25, 0.3) is 0 Å². The Morgan fingerprint density at radius 3 is 2.79 bits per heavy atom. The van der Waals surface area contributed by atoms with Crippen LogP contribution in [0, 0.1) is 6.92 Å². The van der Waals surface area contributed by atoms with E-state index < -0.39 is 17.9 Å². The van der Waals surface area contributed by atoms with Gasteiger partial charge in [0.15, 0.2) is 0 Å². The first-order valence-electron chi connectivity index (χ1n) is 5.60. The van der Waals surface area contributed by atoms with Crippen molar-refractivity contribution in [2.75, 3.05) is 12.4 Å². The number of anilines is 1. The van der Waals surface area contributed by atoms with E-state index in [9.17, 15) is 9.59 Å². The molecule has 1 amide bonds. The molecule has 4 N–H and O–H groups in total. The summed E-state index contributed by atoms with van der Waals surface area (Å²) < 4.78 is 4.95. The lowest BCUT2D eigenvalue weighted by atomic mass is 10.1. The molecule has 0 aliphatic carbocycles. The summed E-state index contributed by atoms with van der Waals surface area (Å²) in [6.45, 7) is 1.73. The molecule has 1 aromatic heterocycles. The van der Waals surface area contributed by atoms with Crippen molar-refractivity contribution in [3.8, 4) is 5.88 Å². The zero-order valence-electron chi connectivity index (χ0n) is 10.7. The first-order chi connectivity index (χ1) is 8.92. The zero-order chi connectivity index (χ0) is 14.4. The largest absolute Gasteiger partial charge is 0.481 e. The second-order valence-corrected chi connectivity index (χ2v) is 3.90. The number of hydrogen-bond donors (Lipinski definition) is 3. The quantitative estimate of drug-likeness (QED) is 0.658. The van der Waals surface area contributed by atoms with Gasteiger partial charge in [-0.1, -0.05) is 0 Å². The van der Waals surface area contributed by atoms with Gasteiger partial charge in [0, 0.05) is 18.2 Å². The maximum Gasteiger partial charge on any atom is 0.303 e. The number of carboxylic acids is 1. The molecule has 0 spiro atoms. The molecule has 0 aromatic carbocycles. The average molecular weight is 268 g/mol. The van der Waals surface area contributed by atoms with E-state index in [0.717, 1.165) is 0 Å². The summed E-state index contributed by atoms with van der Waals surface area (Å²) in [5.41, 5.74) is 6.19. The highest BCUT2D eigenvalue weighted by Crippen LogP contribution is 2.11. The molecule has 1 unspecified atom stereocenters. The van der Waals surface area contributed by atoms with Crippen molar-refractivity contribution in [3.63, 3.8) is 0 Å². The Labute approximate surface area is 110 Å². The highest BCUT2D eigenvalue weighted by molar-refractivity contribution is 5.93. The number of nitrogens with two attached hydrogens (primary N) is 1. The van der Waals surface area contributed by atoms with E-state index in [1.54, 1.807) is 13.0 Å². The fraction of sp³-hybridized carbons (Fsp3) is 0.455. The molecule has 0 saturated heterocycles. The topological polar surface area (TPSA) is 127 Å². The Balaban J connectivity index is 2.65. The predicted molar refractivity (Wildman–Crippen MR) is 66.8 cm³/mol. The number of carbonyl (C=O) groups excluding carboxylic acids is 1. The number of nitrogens with zero attached hydrogens (tertiary/aromatic N) is 2. The third-order valence-electron chi connectivity index (χ3n) is 2.28. The van der Waals surface area contributed by atoms with Gasteiger partial charge in [-0.3, -0.25) is 14.9 Å². The van der Waals surface area contributed by atoms with Gasteiger partial charge >= 0.3 is 5.97 Å². The molecule has 19 heavy (non-hydrogen) atoms. The predicted octanol–water partition coefficient (Wildman–Crippen LogP) is -0.0758. The van der Waals surface area contributed by atoms with Crippen LogP contribution < -0.4 is 15.8 Å². The number of nitrogens with one attached hydrogen (secondary N) is 1. The molecule has 0 radical (unpaired) electrons. The van der Waals surface area contributed by atoms with Crippen LogP contribution >= 0.6 is 0 Å². The minimum absolute atomic E-state index is 0.0458. The van der Waals surface area contributed by atoms with Crippen molar-refractivity contribution in [2.24, 2.45) is 5.73 Å². The van der Waals surface area contributed by atoms with Gasteiger partial charge in [-0.2, -0.15) is 4.98 Å². The fourth-order valence-electron chi connectivity index (χ4n) is 1.31. The van der Waals surface area contributed by atoms with E-state index in [2.05, 4.69) is 15.3 Å². The van der Waals surface area contributed by atoms with Crippen molar-refractivity contribution < 1.29 is 19.4 Å². The van der Waals surface area contributed by atoms with Crippen LogP contribution in [-0.4, -0.2) is 40.1 Å². The van der Waals surface area contributed by atoms with Gasteiger partial charge in [0.2, 0.25) is 17.7 Å². The summed E-state index contributed by atoms with van der Waals surface area (Å²) in [4.78, 5) is 30.0. The molecular formula is C11H16N4O4. The Hall–Kier alpha value is -2.22. The Morgan fingerprint density at radius 2 is 2.21 bits per heavy atom. The van der Waals surface area contributed by atoms with E-state index in [4.69, 9.17) is 15.6 Å². The molecule has 1 atom stereocenters. The standard InChI is InChI=1S/C11H16N4O4/c1-6-5-8(19-2)14-11(13-6)15-10(18)7(12)3-4-9(16)17/h5,7H,3-4,12H2,1-2H3,(H,16,17)(H,13,14,15,18). The van der Waals surface area contributed by atoms with Crippen LogP contribution in [0.4, 0.5) is 5.95 Å². The Morgan fingerprint density at radius 1 is 1.53 bits per heavy atom. The number of amides is 1. The lowest BCUT2D eigenvalue weighted by Gasteiger charge is -2.11. The molecule has 0 aliphatic heterocycles. The first kappa shape index (κ1) is 14.8. The lowest BCUT2D eigenvalue weighted by Crippen LogP contribution is -2.36. The summed E-state index contributed by atoms with van der Waals surface area (Å²) in [5.74, 6) is -1.14. The lowest BCUT2D eigenvalue weighted by molar-refractivity contribution is -0.137. The van der Waals surface area contributed by atoms with Gasteiger partial charge < -0.3 is 15.6 Å². The SMILES string of the molecule is COc1cc(C)nc(NC(=O)C(N)CCC(=O)O)n1. The molecule has 1 heterocycles. The highest BCUT2D eigenvalue weighted by atomic mass is 16.5. The molecule has 0 saturated carbocycles. The second kappa shape index (κ2) is 6.64. The fourth-order valence-corrected chi connectivity index (χ4v) is 1.31. The molecule has 0 fully saturated rings.